The highest BCUT2D eigenvalue weighted by Gasteiger charge is 2.45. The molecule has 2 fully saturated rings. The number of ether oxygens (including phenoxy) is 1. The minimum atomic E-state index is -3.37. The van der Waals surface area contributed by atoms with E-state index in [4.69, 9.17) is 4.74 Å². The fourth-order valence-electron chi connectivity index (χ4n) is 5.05. The number of hydrogen-bond donors (Lipinski definition) is 0. The summed E-state index contributed by atoms with van der Waals surface area (Å²) in [6.45, 7) is 2.38. The molecule has 2 heterocycles. The number of piperidine rings is 1. The van der Waals surface area contributed by atoms with Crippen molar-refractivity contribution in [3.05, 3.63) is 35.4 Å². The van der Waals surface area contributed by atoms with E-state index in [-0.39, 0.29) is 11.5 Å². The summed E-state index contributed by atoms with van der Waals surface area (Å²) in [5.41, 5.74) is 3.11. The quantitative estimate of drug-likeness (QED) is 0.824. The summed E-state index contributed by atoms with van der Waals surface area (Å²) in [6, 6.07) is 8.71. The molecule has 1 atom stereocenters. The van der Waals surface area contributed by atoms with Gasteiger partial charge in [-0.3, -0.25) is 0 Å². The minimum Gasteiger partial charge on any atom is -0.383 e. The number of aryl methyl sites for hydroxylation is 1. The van der Waals surface area contributed by atoms with Crippen molar-refractivity contribution < 1.29 is 13.2 Å². The zero-order chi connectivity index (χ0) is 17.5. The zero-order valence-electron chi connectivity index (χ0n) is 15.0. The lowest BCUT2D eigenvalue weighted by Gasteiger charge is -2.41. The van der Waals surface area contributed by atoms with E-state index in [0.29, 0.717) is 26.2 Å². The van der Waals surface area contributed by atoms with Crippen molar-refractivity contribution in [2.24, 2.45) is 0 Å². The molecule has 0 amide bonds. The van der Waals surface area contributed by atoms with Crippen LogP contribution in [0.25, 0.3) is 0 Å². The van der Waals surface area contributed by atoms with Crippen LogP contribution in [-0.4, -0.2) is 56.4 Å². The summed E-state index contributed by atoms with van der Waals surface area (Å²) in [5, 5.41) is 0. The van der Waals surface area contributed by atoms with Gasteiger partial charge in [0.2, 0.25) is 0 Å². The van der Waals surface area contributed by atoms with Crippen LogP contribution in [0.15, 0.2) is 24.3 Å². The van der Waals surface area contributed by atoms with Crippen molar-refractivity contribution in [1.29, 1.82) is 0 Å². The molecule has 0 aromatic heterocycles. The van der Waals surface area contributed by atoms with Crippen LogP contribution in [0.1, 0.15) is 43.2 Å². The van der Waals surface area contributed by atoms with Crippen LogP contribution in [0.3, 0.4) is 0 Å². The first-order chi connectivity index (χ1) is 12.1. The third-order valence-electron chi connectivity index (χ3n) is 6.45. The van der Waals surface area contributed by atoms with Crippen molar-refractivity contribution in [3.63, 3.8) is 0 Å². The summed E-state index contributed by atoms with van der Waals surface area (Å²) in [6.07, 6.45) is 6.00. The Labute approximate surface area is 151 Å². The molecular formula is C19H28N2O3S. The maximum atomic E-state index is 13.1. The predicted molar refractivity (Wildman–Crippen MR) is 97.8 cm³/mol. The Morgan fingerprint density at radius 1 is 1.16 bits per heavy atom. The normalized spacial score (nSPS) is 27.0. The van der Waals surface area contributed by atoms with Crippen LogP contribution in [0.4, 0.5) is 0 Å². The summed E-state index contributed by atoms with van der Waals surface area (Å²) in [4.78, 5) is 0. The molecule has 0 saturated carbocycles. The van der Waals surface area contributed by atoms with Gasteiger partial charge in [-0.25, -0.2) is 0 Å². The van der Waals surface area contributed by atoms with E-state index in [9.17, 15) is 8.42 Å². The van der Waals surface area contributed by atoms with Gasteiger partial charge in [0.25, 0.3) is 10.2 Å². The molecule has 1 spiro atoms. The van der Waals surface area contributed by atoms with Gasteiger partial charge in [0.05, 0.1) is 6.61 Å². The maximum Gasteiger partial charge on any atom is 0.282 e. The summed E-state index contributed by atoms with van der Waals surface area (Å²) >= 11 is 0. The molecule has 1 aromatic carbocycles. The standard InChI is InChI=1S/C19H28N2O3S/c1-24-15-17-6-4-12-21(17)25(22,23)20-13-10-19(11-14-20)9-8-16-5-2-3-7-18(16)19/h2-3,5,7,17H,4,6,8-15H2,1H3. The third-order valence-corrected chi connectivity index (χ3v) is 8.54. The number of rotatable bonds is 4. The average molecular weight is 365 g/mol. The number of benzene rings is 1. The lowest BCUT2D eigenvalue weighted by molar-refractivity contribution is 0.142. The van der Waals surface area contributed by atoms with Crippen LogP contribution in [-0.2, 0) is 26.8 Å². The Morgan fingerprint density at radius 3 is 2.68 bits per heavy atom. The minimum absolute atomic E-state index is 0.00177. The Morgan fingerprint density at radius 2 is 1.92 bits per heavy atom. The number of methoxy groups -OCH3 is 1. The number of nitrogens with zero attached hydrogens (tertiary/aromatic N) is 2. The molecule has 0 radical (unpaired) electrons. The second-order valence-corrected chi connectivity index (χ2v) is 9.59. The Balaban J connectivity index is 1.49. The van der Waals surface area contributed by atoms with Crippen molar-refractivity contribution in [1.82, 2.24) is 8.61 Å². The molecule has 3 aliphatic rings. The third kappa shape index (κ3) is 2.93. The van der Waals surface area contributed by atoms with E-state index >= 15 is 0 Å². The molecule has 2 saturated heterocycles. The molecule has 138 valence electrons. The van der Waals surface area contributed by atoms with Gasteiger partial charge in [-0.2, -0.15) is 17.0 Å². The highest BCUT2D eigenvalue weighted by atomic mass is 32.2. The maximum absolute atomic E-state index is 13.1. The van der Waals surface area contributed by atoms with Gasteiger partial charge in [-0.15, -0.1) is 0 Å². The summed E-state index contributed by atoms with van der Waals surface area (Å²) in [7, 11) is -1.73. The van der Waals surface area contributed by atoms with Gasteiger partial charge in [-0.05, 0) is 55.1 Å². The number of fused-ring (bicyclic) bond motifs is 2. The Kier molecular flexibility index (Phi) is 4.65. The SMILES string of the molecule is COCC1CCCN1S(=O)(=O)N1CCC2(CCc3ccccc32)CC1. The molecule has 0 bridgehead atoms. The molecule has 6 heteroatoms. The molecule has 1 unspecified atom stereocenters. The van der Waals surface area contributed by atoms with Gasteiger partial charge in [0.1, 0.15) is 0 Å². The fraction of sp³-hybridized carbons (Fsp3) is 0.684. The van der Waals surface area contributed by atoms with Gasteiger partial charge < -0.3 is 4.74 Å². The van der Waals surface area contributed by atoms with Crippen molar-refractivity contribution in [2.45, 2.75) is 50.0 Å². The molecule has 0 N–H and O–H groups in total. The first-order valence-corrected chi connectivity index (χ1v) is 10.8. The molecule has 25 heavy (non-hydrogen) atoms. The Hall–Kier alpha value is -0.950. The summed E-state index contributed by atoms with van der Waals surface area (Å²) in [5.74, 6) is 0. The smallest absolute Gasteiger partial charge is 0.282 e. The first-order valence-electron chi connectivity index (χ1n) is 9.41. The van der Waals surface area contributed by atoms with Crippen molar-refractivity contribution >= 4 is 10.2 Å². The van der Waals surface area contributed by atoms with Crippen molar-refractivity contribution in [3.8, 4) is 0 Å². The molecular weight excluding hydrogens is 336 g/mol. The van der Waals surface area contributed by atoms with E-state index in [1.54, 1.807) is 15.7 Å². The van der Waals surface area contributed by atoms with E-state index in [0.717, 1.165) is 38.5 Å². The monoisotopic (exact) mass is 364 g/mol. The first kappa shape index (κ1) is 17.5. The largest absolute Gasteiger partial charge is 0.383 e. The number of hydrogen-bond acceptors (Lipinski definition) is 3. The molecule has 2 aliphatic heterocycles. The van der Waals surface area contributed by atoms with E-state index in [1.165, 1.54) is 11.1 Å². The van der Waals surface area contributed by atoms with Crippen LogP contribution in [0, 0.1) is 0 Å². The van der Waals surface area contributed by atoms with E-state index < -0.39 is 10.2 Å². The molecule has 1 aromatic rings. The highest BCUT2D eigenvalue weighted by Crippen LogP contribution is 2.46. The van der Waals surface area contributed by atoms with Crippen LogP contribution in [0.2, 0.25) is 0 Å². The Bertz CT molecular complexity index is 726. The average Bonchev–Trinajstić information content (AvgIpc) is 3.23. The van der Waals surface area contributed by atoms with Crippen molar-refractivity contribution in [2.75, 3.05) is 33.4 Å². The molecule has 5 nitrogen and oxygen atoms in total. The van der Waals surface area contributed by atoms with Crippen LogP contribution < -0.4 is 0 Å². The highest BCUT2D eigenvalue weighted by molar-refractivity contribution is 7.86. The second kappa shape index (κ2) is 6.65. The van der Waals surface area contributed by atoms with Gasteiger partial charge in [0.15, 0.2) is 0 Å². The molecule has 4 rings (SSSR count). The van der Waals surface area contributed by atoms with Crippen LogP contribution >= 0.6 is 0 Å². The predicted octanol–water partition coefficient (Wildman–Crippen LogP) is 2.32. The topological polar surface area (TPSA) is 49.9 Å². The van der Waals surface area contributed by atoms with Gasteiger partial charge in [-0.1, -0.05) is 24.3 Å². The van der Waals surface area contributed by atoms with Gasteiger partial charge in [0, 0.05) is 32.8 Å². The lowest BCUT2D eigenvalue weighted by atomic mass is 9.74. The second-order valence-electron chi connectivity index (χ2n) is 7.71. The van der Waals surface area contributed by atoms with Gasteiger partial charge >= 0.3 is 0 Å². The van der Waals surface area contributed by atoms with E-state index in [2.05, 4.69) is 24.3 Å². The zero-order valence-corrected chi connectivity index (χ0v) is 15.8. The fourth-order valence-corrected chi connectivity index (χ4v) is 6.89. The van der Waals surface area contributed by atoms with E-state index in [1.807, 2.05) is 0 Å². The molecule has 1 aliphatic carbocycles. The lowest BCUT2D eigenvalue weighted by Crippen LogP contribution is -2.51. The van der Waals surface area contributed by atoms with Crippen LogP contribution in [0.5, 0.6) is 0 Å². The summed E-state index contributed by atoms with van der Waals surface area (Å²) < 4.78 is 34.9.